The van der Waals surface area contributed by atoms with Crippen molar-refractivity contribution in [3.05, 3.63) is 10.9 Å². The van der Waals surface area contributed by atoms with Crippen molar-refractivity contribution >= 4 is 39.9 Å². The van der Waals surface area contributed by atoms with E-state index < -0.39 is 0 Å². The van der Waals surface area contributed by atoms with E-state index in [-0.39, 0.29) is 5.16 Å². The van der Waals surface area contributed by atoms with Gasteiger partial charge in [-0.05, 0) is 16.1 Å². The Morgan fingerprint density at radius 2 is 2.50 bits per heavy atom. The molecule has 4 nitrogen and oxygen atoms in total. The Kier molecular flexibility index (Phi) is 2.95. The van der Waals surface area contributed by atoms with Crippen LogP contribution in [0.4, 0.5) is 0 Å². The molecule has 0 radical (unpaired) electrons. The van der Waals surface area contributed by atoms with Gasteiger partial charge in [0, 0.05) is 7.05 Å². The second-order valence-electron chi connectivity index (χ2n) is 2.00. The highest BCUT2D eigenvalue weighted by Crippen LogP contribution is 2.21. The number of nitrogens with zero attached hydrogens (tertiary/aromatic N) is 4. The summed E-state index contributed by atoms with van der Waals surface area (Å²) in [6.07, 6.45) is 1.59. The van der Waals surface area contributed by atoms with Crippen molar-refractivity contribution < 1.29 is 0 Å². The van der Waals surface area contributed by atoms with Crippen molar-refractivity contribution in [3.8, 4) is 0 Å². The van der Waals surface area contributed by atoms with Gasteiger partial charge in [0.1, 0.15) is 12.0 Å². The highest BCUT2D eigenvalue weighted by Gasteiger charge is 2.19. The molecule has 0 bridgehead atoms. The third kappa shape index (κ3) is 1.54. The second-order valence-corrected chi connectivity index (χ2v) is 2.91. The molecule has 12 heavy (non-hydrogen) atoms. The highest BCUT2D eigenvalue weighted by molar-refractivity contribution is 7.16. The third-order valence-electron chi connectivity index (χ3n) is 1.31. The van der Waals surface area contributed by atoms with Crippen LogP contribution in [0.1, 0.15) is 0 Å². The molecule has 0 aromatic heterocycles. The van der Waals surface area contributed by atoms with Gasteiger partial charge in [-0.25, -0.2) is 4.99 Å². The van der Waals surface area contributed by atoms with Crippen LogP contribution in [-0.2, 0) is 0 Å². The average molecular weight is 203 g/mol. The maximum absolute atomic E-state index is 5.73. The van der Waals surface area contributed by atoms with Gasteiger partial charge >= 0.3 is 0 Å². The van der Waals surface area contributed by atoms with Crippen LogP contribution in [0.15, 0.2) is 25.8 Å². The molecule has 1 aliphatic rings. The Bertz CT molecular complexity index is 294. The van der Waals surface area contributed by atoms with E-state index in [1.54, 1.807) is 18.1 Å². The van der Waals surface area contributed by atoms with E-state index in [1.165, 1.54) is 0 Å². The Balaban J connectivity index is 3.11. The molecule has 0 amide bonds. The first kappa shape index (κ1) is 9.36. The molecule has 0 aliphatic carbocycles. The van der Waals surface area contributed by atoms with E-state index in [9.17, 15) is 0 Å². The molecule has 1 rings (SSSR count). The lowest BCUT2D eigenvalue weighted by molar-refractivity contribution is 1.06. The van der Waals surface area contributed by atoms with Crippen LogP contribution >= 0.6 is 21.0 Å². The predicted molar refractivity (Wildman–Crippen MR) is 55.8 cm³/mol. The zero-order chi connectivity index (χ0) is 9.14. The topological polar surface area (TPSA) is 40.3 Å². The summed E-state index contributed by atoms with van der Waals surface area (Å²) >= 11 is 5.73. The van der Waals surface area contributed by atoms with E-state index in [4.69, 9.17) is 11.6 Å². The van der Waals surface area contributed by atoms with E-state index in [0.29, 0.717) is 11.5 Å². The smallest absolute Gasteiger partial charge is 0.161 e. The lowest BCUT2D eigenvalue weighted by Gasteiger charge is -2.06. The van der Waals surface area contributed by atoms with Crippen LogP contribution in [0.3, 0.4) is 0 Å². The van der Waals surface area contributed by atoms with Crippen molar-refractivity contribution in [2.45, 2.75) is 0 Å². The summed E-state index contributed by atoms with van der Waals surface area (Å²) in [6.45, 7) is 3.30. The molecule has 1 aliphatic heterocycles. The van der Waals surface area contributed by atoms with Crippen LogP contribution in [0.2, 0.25) is 0 Å². The Morgan fingerprint density at radius 3 is 3.00 bits per heavy atom. The molecule has 1 heterocycles. The first-order valence-electron chi connectivity index (χ1n) is 3.12. The Morgan fingerprint density at radius 1 is 1.83 bits per heavy atom. The summed E-state index contributed by atoms with van der Waals surface area (Å²) in [7, 11) is 4.11. The van der Waals surface area contributed by atoms with Crippen molar-refractivity contribution in [3.63, 3.8) is 0 Å². The Labute approximate surface area is 78.0 Å². The van der Waals surface area contributed by atoms with Crippen molar-refractivity contribution in [2.75, 3.05) is 7.05 Å². The summed E-state index contributed by atoms with van der Waals surface area (Å²) in [5.74, 6) is 0.664. The minimum atomic E-state index is 0.261. The van der Waals surface area contributed by atoms with Crippen LogP contribution in [0, 0.1) is 0 Å². The van der Waals surface area contributed by atoms with Crippen LogP contribution in [-0.4, -0.2) is 30.6 Å². The van der Waals surface area contributed by atoms with Gasteiger partial charge in [-0.3, -0.25) is 14.7 Å². The molecule has 1 unspecified atom stereocenters. The summed E-state index contributed by atoms with van der Waals surface area (Å²) in [5, 5.41) is 0.261. The Hall–Kier alpha value is -0.730. The number of rotatable bonds is 1. The van der Waals surface area contributed by atoms with Gasteiger partial charge in [-0.15, -0.1) is 0 Å². The molecule has 0 aromatic rings. The fraction of sp³-hybridized carbons (Fsp3) is 0.167. The van der Waals surface area contributed by atoms with Crippen LogP contribution in [0.25, 0.3) is 0 Å². The van der Waals surface area contributed by atoms with Crippen LogP contribution < -0.4 is 0 Å². The molecule has 0 aromatic carbocycles. The minimum Gasteiger partial charge on any atom is -0.300 e. The maximum atomic E-state index is 5.73. The maximum Gasteiger partial charge on any atom is 0.161 e. The van der Waals surface area contributed by atoms with Gasteiger partial charge in [0.05, 0.1) is 0 Å². The molecule has 64 valence electrons. The molecular weight excluding hydrogens is 195 g/mol. The van der Waals surface area contributed by atoms with Crippen molar-refractivity contribution in [2.24, 2.45) is 15.0 Å². The molecular formula is C6H8ClN4P. The predicted octanol–water partition coefficient (Wildman–Crippen LogP) is 1.26. The lowest BCUT2D eigenvalue weighted by Crippen LogP contribution is -2.14. The number of halogens is 1. The first-order chi connectivity index (χ1) is 5.70. The fourth-order valence-corrected chi connectivity index (χ4v) is 1.23. The summed E-state index contributed by atoms with van der Waals surface area (Å²) in [5.41, 5.74) is 0.546. The van der Waals surface area contributed by atoms with E-state index in [2.05, 4.69) is 31.1 Å². The van der Waals surface area contributed by atoms with Crippen LogP contribution in [0.5, 0.6) is 0 Å². The zero-order valence-electron chi connectivity index (χ0n) is 6.53. The third-order valence-corrected chi connectivity index (χ3v) is 1.99. The summed E-state index contributed by atoms with van der Waals surface area (Å²) < 4.78 is 1.68. The average Bonchev–Trinajstić information content (AvgIpc) is 2.45. The molecule has 0 saturated carbocycles. The normalized spacial score (nSPS) is 23.6. The SMILES string of the molecule is C=N/C(Cl)=C1/N=CN(P)/C1=N/C. The minimum absolute atomic E-state index is 0.261. The fourth-order valence-electron chi connectivity index (χ4n) is 0.796. The molecule has 0 fully saturated rings. The number of hydrogen-bond acceptors (Lipinski definition) is 3. The highest BCUT2D eigenvalue weighted by atomic mass is 35.5. The second kappa shape index (κ2) is 3.78. The van der Waals surface area contributed by atoms with Gasteiger partial charge in [-0.2, -0.15) is 0 Å². The summed E-state index contributed by atoms with van der Waals surface area (Å²) in [4.78, 5) is 11.6. The van der Waals surface area contributed by atoms with Gasteiger partial charge in [0.2, 0.25) is 0 Å². The number of amidine groups is 1. The van der Waals surface area contributed by atoms with Gasteiger partial charge in [0.25, 0.3) is 0 Å². The molecule has 0 N–H and O–H groups in total. The zero-order valence-corrected chi connectivity index (χ0v) is 8.44. The van der Waals surface area contributed by atoms with E-state index in [0.717, 1.165) is 0 Å². The lowest BCUT2D eigenvalue weighted by atomic mass is 10.4. The number of aliphatic imine (C=N–C) groups is 3. The van der Waals surface area contributed by atoms with Crippen molar-refractivity contribution in [1.82, 2.24) is 4.67 Å². The largest absolute Gasteiger partial charge is 0.300 e. The molecule has 6 heteroatoms. The monoisotopic (exact) mass is 202 g/mol. The first-order valence-corrected chi connectivity index (χ1v) is 4.02. The van der Waals surface area contributed by atoms with E-state index >= 15 is 0 Å². The molecule has 1 atom stereocenters. The molecule has 0 spiro atoms. The van der Waals surface area contributed by atoms with Gasteiger partial charge < -0.3 is 0 Å². The quantitative estimate of drug-likeness (QED) is 0.359. The number of hydrogen-bond donors (Lipinski definition) is 0. The summed E-state index contributed by atoms with van der Waals surface area (Å²) in [6, 6.07) is 0. The van der Waals surface area contributed by atoms with Gasteiger partial charge in [-0.1, -0.05) is 11.6 Å². The van der Waals surface area contributed by atoms with Gasteiger partial charge in [0.15, 0.2) is 11.0 Å². The van der Waals surface area contributed by atoms with E-state index in [1.807, 2.05) is 0 Å². The molecule has 0 saturated heterocycles. The van der Waals surface area contributed by atoms with Crippen molar-refractivity contribution in [1.29, 1.82) is 0 Å². The standard InChI is InChI=1S/C6H8ClN4P/c1-8-5(7)4-6(9-2)11(12)3-10-4/h3H,1,12H2,2H3/b5-4+,9-6+.